The number of hydrogen-bond acceptors (Lipinski definition) is 6. The standard InChI is InChI=1S/C23H22N2O6/c1-14-4-6-16(7-5-14)21(26)19-20(15-8-10-17(11-9-15)25(29)30)24(23(28)22(19)27)13-18-3-2-12-31-18/h4-11,18,20,26H,2-3,12-13H2,1H3/t18-,20+/m0/s1. The van der Waals surface area contributed by atoms with Gasteiger partial charge in [-0.3, -0.25) is 19.7 Å². The molecule has 2 fully saturated rings. The van der Waals surface area contributed by atoms with Crippen LogP contribution in [0.2, 0.25) is 0 Å². The molecule has 160 valence electrons. The van der Waals surface area contributed by atoms with Crippen molar-refractivity contribution in [2.75, 3.05) is 13.2 Å². The fourth-order valence-electron chi connectivity index (χ4n) is 4.07. The van der Waals surface area contributed by atoms with E-state index in [-0.39, 0.29) is 29.7 Å². The zero-order chi connectivity index (χ0) is 22.1. The molecule has 2 saturated heterocycles. The van der Waals surface area contributed by atoms with Crippen LogP contribution in [0, 0.1) is 17.0 Å². The van der Waals surface area contributed by atoms with E-state index in [1.807, 2.05) is 6.92 Å². The molecule has 31 heavy (non-hydrogen) atoms. The molecule has 4 rings (SSSR count). The Hall–Kier alpha value is -3.52. The van der Waals surface area contributed by atoms with Crippen LogP contribution in [0.1, 0.15) is 35.6 Å². The Balaban J connectivity index is 1.81. The van der Waals surface area contributed by atoms with E-state index in [2.05, 4.69) is 0 Å². The van der Waals surface area contributed by atoms with Gasteiger partial charge in [-0.15, -0.1) is 0 Å². The Morgan fingerprint density at radius 3 is 2.42 bits per heavy atom. The third kappa shape index (κ3) is 3.94. The van der Waals surface area contributed by atoms with Gasteiger partial charge >= 0.3 is 0 Å². The highest BCUT2D eigenvalue weighted by Crippen LogP contribution is 2.40. The molecule has 2 aromatic rings. The molecule has 0 unspecified atom stereocenters. The van der Waals surface area contributed by atoms with Crippen molar-refractivity contribution in [3.8, 4) is 0 Å². The minimum absolute atomic E-state index is 0.0271. The minimum atomic E-state index is -0.855. The smallest absolute Gasteiger partial charge is 0.295 e. The molecular formula is C23H22N2O6. The van der Waals surface area contributed by atoms with Crippen LogP contribution in [0.3, 0.4) is 0 Å². The van der Waals surface area contributed by atoms with E-state index in [0.717, 1.165) is 18.4 Å². The number of aliphatic hydroxyl groups is 1. The van der Waals surface area contributed by atoms with Gasteiger partial charge in [0.05, 0.1) is 22.6 Å². The monoisotopic (exact) mass is 422 g/mol. The molecule has 0 spiro atoms. The average molecular weight is 422 g/mol. The highest BCUT2D eigenvalue weighted by atomic mass is 16.6. The molecule has 8 heteroatoms. The summed E-state index contributed by atoms with van der Waals surface area (Å²) in [6.07, 6.45) is 1.45. The average Bonchev–Trinajstić information content (AvgIpc) is 3.36. The molecule has 0 aliphatic carbocycles. The lowest BCUT2D eigenvalue weighted by Gasteiger charge is -2.27. The molecule has 0 saturated carbocycles. The second-order valence-corrected chi connectivity index (χ2v) is 7.80. The van der Waals surface area contributed by atoms with Crippen molar-refractivity contribution in [3.05, 3.63) is 80.9 Å². The predicted molar refractivity (Wildman–Crippen MR) is 112 cm³/mol. The van der Waals surface area contributed by atoms with Gasteiger partial charge in [-0.1, -0.05) is 29.8 Å². The summed E-state index contributed by atoms with van der Waals surface area (Å²) in [5, 5.41) is 22.0. The predicted octanol–water partition coefficient (Wildman–Crippen LogP) is 3.50. The number of likely N-dealkylation sites (tertiary alicyclic amines) is 1. The third-order valence-corrected chi connectivity index (χ3v) is 5.71. The van der Waals surface area contributed by atoms with Crippen molar-refractivity contribution in [1.82, 2.24) is 4.90 Å². The molecule has 8 nitrogen and oxygen atoms in total. The number of aliphatic hydroxyl groups excluding tert-OH is 1. The molecule has 1 amide bonds. The molecule has 0 aromatic heterocycles. The van der Waals surface area contributed by atoms with E-state index in [1.54, 1.807) is 24.3 Å². The summed E-state index contributed by atoms with van der Waals surface area (Å²) >= 11 is 0. The molecule has 2 aliphatic heterocycles. The first-order chi connectivity index (χ1) is 14.9. The maximum atomic E-state index is 13.0. The molecule has 0 bridgehead atoms. The normalized spacial score (nSPS) is 22.8. The number of ketones is 1. The Kier molecular flexibility index (Phi) is 5.56. The van der Waals surface area contributed by atoms with Crippen LogP contribution in [0.15, 0.2) is 54.1 Å². The number of nitro benzene ring substituents is 1. The van der Waals surface area contributed by atoms with E-state index in [1.165, 1.54) is 29.2 Å². The lowest BCUT2D eigenvalue weighted by atomic mass is 9.94. The van der Waals surface area contributed by atoms with Gasteiger partial charge in [0, 0.05) is 30.8 Å². The first kappa shape index (κ1) is 20.7. The fourth-order valence-corrected chi connectivity index (χ4v) is 4.07. The third-order valence-electron chi connectivity index (χ3n) is 5.71. The number of carbonyl (C=O) groups is 2. The topological polar surface area (TPSA) is 110 Å². The van der Waals surface area contributed by atoms with Crippen molar-refractivity contribution in [2.24, 2.45) is 0 Å². The van der Waals surface area contributed by atoms with Crippen LogP contribution in [0.25, 0.3) is 5.76 Å². The quantitative estimate of drug-likeness (QED) is 0.260. The fraction of sp³-hybridized carbons (Fsp3) is 0.304. The number of hydrogen-bond donors (Lipinski definition) is 1. The highest BCUT2D eigenvalue weighted by Gasteiger charge is 2.47. The summed E-state index contributed by atoms with van der Waals surface area (Å²) in [6.45, 7) is 2.71. The first-order valence-electron chi connectivity index (χ1n) is 10.1. The lowest BCUT2D eigenvalue weighted by molar-refractivity contribution is -0.384. The summed E-state index contributed by atoms with van der Waals surface area (Å²) in [5.41, 5.74) is 1.80. The number of Topliss-reactive ketones (excluding diaryl/α,β-unsaturated/α-hetero) is 1. The van der Waals surface area contributed by atoms with E-state index in [9.17, 15) is 24.8 Å². The second-order valence-electron chi connectivity index (χ2n) is 7.80. The maximum absolute atomic E-state index is 13.0. The number of non-ortho nitro benzene ring substituents is 1. The molecule has 1 N–H and O–H groups in total. The Bertz CT molecular complexity index is 1050. The van der Waals surface area contributed by atoms with Crippen molar-refractivity contribution < 1.29 is 24.4 Å². The minimum Gasteiger partial charge on any atom is -0.507 e. The van der Waals surface area contributed by atoms with Crippen molar-refractivity contribution in [2.45, 2.75) is 31.9 Å². The summed E-state index contributed by atoms with van der Waals surface area (Å²) in [5.74, 6) is -1.76. The Morgan fingerprint density at radius 1 is 1.16 bits per heavy atom. The first-order valence-corrected chi connectivity index (χ1v) is 10.1. The van der Waals surface area contributed by atoms with Crippen molar-refractivity contribution >= 4 is 23.1 Å². The Morgan fingerprint density at radius 2 is 1.84 bits per heavy atom. The molecule has 2 aromatic carbocycles. The number of ether oxygens (including phenoxy) is 1. The number of rotatable bonds is 5. The number of nitrogens with zero attached hydrogens (tertiary/aromatic N) is 2. The number of benzene rings is 2. The summed E-state index contributed by atoms with van der Waals surface area (Å²) < 4.78 is 5.65. The van der Waals surface area contributed by atoms with E-state index in [0.29, 0.717) is 17.7 Å². The van der Waals surface area contributed by atoms with Crippen LogP contribution < -0.4 is 0 Å². The van der Waals surface area contributed by atoms with Crippen molar-refractivity contribution in [1.29, 1.82) is 0 Å². The molecular weight excluding hydrogens is 400 g/mol. The van der Waals surface area contributed by atoms with Gasteiger partial charge in [0.1, 0.15) is 5.76 Å². The summed E-state index contributed by atoms with van der Waals surface area (Å²) in [7, 11) is 0. The van der Waals surface area contributed by atoms with Gasteiger partial charge in [-0.25, -0.2) is 0 Å². The van der Waals surface area contributed by atoms with Crippen molar-refractivity contribution in [3.63, 3.8) is 0 Å². The molecule has 0 radical (unpaired) electrons. The molecule has 2 atom stereocenters. The summed E-state index contributed by atoms with van der Waals surface area (Å²) in [6, 6.07) is 11.8. The number of amides is 1. The van der Waals surface area contributed by atoms with Gasteiger partial charge in [-0.2, -0.15) is 0 Å². The van der Waals surface area contributed by atoms with Crippen LogP contribution in [0.5, 0.6) is 0 Å². The SMILES string of the molecule is Cc1ccc(C(O)=C2C(=O)C(=O)N(C[C@@H]3CCCO3)[C@@H]2c2ccc([N+](=O)[O-])cc2)cc1. The van der Waals surface area contributed by atoms with Gasteiger partial charge in [-0.05, 0) is 37.5 Å². The highest BCUT2D eigenvalue weighted by molar-refractivity contribution is 6.46. The van der Waals surface area contributed by atoms with E-state index < -0.39 is 22.7 Å². The number of carbonyl (C=O) groups excluding carboxylic acids is 2. The summed E-state index contributed by atoms with van der Waals surface area (Å²) in [4.78, 5) is 37.8. The molecule has 2 heterocycles. The maximum Gasteiger partial charge on any atom is 0.295 e. The lowest BCUT2D eigenvalue weighted by Crippen LogP contribution is -2.36. The van der Waals surface area contributed by atoms with Crippen LogP contribution in [-0.2, 0) is 14.3 Å². The van der Waals surface area contributed by atoms with Gasteiger partial charge in [0.15, 0.2) is 0 Å². The van der Waals surface area contributed by atoms with E-state index >= 15 is 0 Å². The number of nitro groups is 1. The number of aryl methyl sites for hydroxylation is 1. The second kappa shape index (κ2) is 8.31. The van der Waals surface area contributed by atoms with Gasteiger partial charge in [0.2, 0.25) is 0 Å². The largest absolute Gasteiger partial charge is 0.507 e. The van der Waals surface area contributed by atoms with Crippen LogP contribution >= 0.6 is 0 Å². The van der Waals surface area contributed by atoms with Gasteiger partial charge < -0.3 is 14.7 Å². The zero-order valence-electron chi connectivity index (χ0n) is 17.0. The van der Waals surface area contributed by atoms with Crippen LogP contribution in [-0.4, -0.2) is 45.9 Å². The zero-order valence-corrected chi connectivity index (χ0v) is 17.0. The van der Waals surface area contributed by atoms with Gasteiger partial charge in [0.25, 0.3) is 17.4 Å². The van der Waals surface area contributed by atoms with E-state index in [4.69, 9.17) is 4.74 Å². The van der Waals surface area contributed by atoms with Crippen LogP contribution in [0.4, 0.5) is 5.69 Å². The Labute approximate surface area is 178 Å². The molecule has 2 aliphatic rings.